The van der Waals surface area contributed by atoms with Crippen LogP contribution in [0.15, 0.2) is 41.0 Å². The van der Waals surface area contributed by atoms with Gasteiger partial charge in [-0.2, -0.15) is 0 Å². The van der Waals surface area contributed by atoms with Crippen molar-refractivity contribution < 1.29 is 23.7 Å². The first-order valence-electron chi connectivity index (χ1n) is 9.30. The molecule has 0 saturated carbocycles. The minimum absolute atomic E-state index is 0.263. The standard InChI is InChI=1S/C21H31NO5/c1-5-16(2)22(12-17-8-9-20(24-3)21(11-17)25-4)13-18(23)14-26-15-19-7-6-10-27-19/h6-11,16,18,23H,5,12-15H2,1-4H3. The number of hydrogen-bond donors (Lipinski definition) is 1. The number of furan rings is 1. The first-order valence-corrected chi connectivity index (χ1v) is 9.30. The van der Waals surface area contributed by atoms with E-state index in [0.29, 0.717) is 37.2 Å². The lowest BCUT2D eigenvalue weighted by molar-refractivity contribution is -0.00272. The third kappa shape index (κ3) is 6.57. The number of nitrogens with zero attached hydrogens (tertiary/aromatic N) is 1. The van der Waals surface area contributed by atoms with Gasteiger partial charge in [-0.1, -0.05) is 13.0 Å². The number of aliphatic hydroxyl groups excluding tert-OH is 1. The van der Waals surface area contributed by atoms with Gasteiger partial charge in [0.05, 0.1) is 33.2 Å². The summed E-state index contributed by atoms with van der Waals surface area (Å²) >= 11 is 0. The molecule has 1 N–H and O–H groups in total. The van der Waals surface area contributed by atoms with E-state index in [1.807, 2.05) is 30.3 Å². The van der Waals surface area contributed by atoms with Crippen molar-refractivity contribution in [2.24, 2.45) is 0 Å². The zero-order chi connectivity index (χ0) is 19.6. The quantitative estimate of drug-likeness (QED) is 0.611. The van der Waals surface area contributed by atoms with Crippen molar-refractivity contribution >= 4 is 0 Å². The van der Waals surface area contributed by atoms with Crippen LogP contribution in [-0.2, 0) is 17.9 Å². The summed E-state index contributed by atoms with van der Waals surface area (Å²) in [5, 5.41) is 10.4. The molecule has 0 amide bonds. The summed E-state index contributed by atoms with van der Waals surface area (Å²) in [7, 11) is 3.26. The van der Waals surface area contributed by atoms with Gasteiger partial charge in [0.2, 0.25) is 0 Å². The molecule has 0 fully saturated rings. The lowest BCUT2D eigenvalue weighted by Gasteiger charge is -2.30. The predicted octanol–water partition coefficient (Wildman–Crippen LogP) is 3.48. The number of rotatable bonds is 12. The largest absolute Gasteiger partial charge is 0.493 e. The van der Waals surface area contributed by atoms with Crippen LogP contribution in [0.2, 0.25) is 0 Å². The molecule has 1 aromatic heterocycles. The van der Waals surface area contributed by atoms with Gasteiger partial charge < -0.3 is 23.7 Å². The smallest absolute Gasteiger partial charge is 0.161 e. The molecule has 0 saturated heterocycles. The number of ether oxygens (including phenoxy) is 3. The lowest BCUT2D eigenvalue weighted by Crippen LogP contribution is -2.39. The molecule has 6 nitrogen and oxygen atoms in total. The van der Waals surface area contributed by atoms with Gasteiger partial charge in [-0.05, 0) is 43.2 Å². The Morgan fingerprint density at radius 2 is 1.93 bits per heavy atom. The van der Waals surface area contributed by atoms with Gasteiger partial charge in [-0.25, -0.2) is 0 Å². The second kappa shape index (κ2) is 11.0. The van der Waals surface area contributed by atoms with E-state index in [9.17, 15) is 5.11 Å². The van der Waals surface area contributed by atoms with Gasteiger partial charge in [-0.3, -0.25) is 4.90 Å². The van der Waals surface area contributed by atoms with Gasteiger partial charge >= 0.3 is 0 Å². The normalized spacial score (nSPS) is 13.6. The third-order valence-corrected chi connectivity index (χ3v) is 4.63. The number of hydrogen-bond acceptors (Lipinski definition) is 6. The number of benzene rings is 1. The summed E-state index contributed by atoms with van der Waals surface area (Å²) in [5.74, 6) is 2.18. The molecule has 6 heteroatoms. The minimum atomic E-state index is -0.575. The first-order chi connectivity index (χ1) is 13.1. The molecular formula is C21H31NO5. The predicted molar refractivity (Wildman–Crippen MR) is 104 cm³/mol. The van der Waals surface area contributed by atoms with E-state index in [4.69, 9.17) is 18.6 Å². The molecular weight excluding hydrogens is 346 g/mol. The Hall–Kier alpha value is -2.02. The lowest BCUT2D eigenvalue weighted by atomic mass is 10.1. The van der Waals surface area contributed by atoms with Crippen LogP contribution in [0.5, 0.6) is 11.5 Å². The minimum Gasteiger partial charge on any atom is -0.493 e. The first kappa shape index (κ1) is 21.3. The fraction of sp³-hybridized carbons (Fsp3) is 0.524. The van der Waals surface area contributed by atoms with Gasteiger partial charge in [0.15, 0.2) is 11.5 Å². The van der Waals surface area contributed by atoms with E-state index >= 15 is 0 Å². The molecule has 0 spiro atoms. The van der Waals surface area contributed by atoms with E-state index in [-0.39, 0.29) is 6.61 Å². The second-order valence-corrected chi connectivity index (χ2v) is 6.62. The Kier molecular flexibility index (Phi) is 8.64. The summed E-state index contributed by atoms with van der Waals surface area (Å²) in [5.41, 5.74) is 1.11. The zero-order valence-electron chi connectivity index (χ0n) is 16.7. The highest BCUT2D eigenvalue weighted by Crippen LogP contribution is 2.28. The maximum absolute atomic E-state index is 10.4. The van der Waals surface area contributed by atoms with Crippen molar-refractivity contribution in [3.05, 3.63) is 47.9 Å². The average molecular weight is 377 g/mol. The van der Waals surface area contributed by atoms with Crippen LogP contribution < -0.4 is 9.47 Å². The van der Waals surface area contributed by atoms with Crippen molar-refractivity contribution in [3.63, 3.8) is 0 Å². The van der Waals surface area contributed by atoms with E-state index in [1.165, 1.54) is 0 Å². The Morgan fingerprint density at radius 1 is 1.15 bits per heavy atom. The molecule has 150 valence electrons. The summed E-state index contributed by atoms with van der Waals surface area (Å²) in [6.45, 7) is 6.18. The van der Waals surface area contributed by atoms with Gasteiger partial charge in [0.25, 0.3) is 0 Å². The van der Waals surface area contributed by atoms with Crippen molar-refractivity contribution in [3.8, 4) is 11.5 Å². The average Bonchev–Trinajstić information content (AvgIpc) is 3.20. The van der Waals surface area contributed by atoms with E-state index in [2.05, 4.69) is 18.7 Å². The Bertz CT molecular complexity index is 659. The van der Waals surface area contributed by atoms with Gasteiger partial charge in [-0.15, -0.1) is 0 Å². The highest BCUT2D eigenvalue weighted by atomic mass is 16.5. The van der Waals surface area contributed by atoms with Crippen molar-refractivity contribution in [2.45, 2.75) is 45.6 Å². The molecule has 0 bridgehead atoms. The van der Waals surface area contributed by atoms with Crippen LogP contribution >= 0.6 is 0 Å². The number of aliphatic hydroxyl groups is 1. The molecule has 1 heterocycles. The molecule has 0 radical (unpaired) electrons. The third-order valence-electron chi connectivity index (χ3n) is 4.63. The van der Waals surface area contributed by atoms with Gasteiger partial charge in [0.1, 0.15) is 12.4 Å². The van der Waals surface area contributed by atoms with Gasteiger partial charge in [0, 0.05) is 19.1 Å². The highest BCUT2D eigenvalue weighted by Gasteiger charge is 2.18. The SMILES string of the molecule is CCC(C)N(Cc1ccc(OC)c(OC)c1)CC(O)COCc1ccco1. The molecule has 2 rings (SSSR count). The van der Waals surface area contributed by atoms with E-state index in [0.717, 1.165) is 17.7 Å². The molecule has 0 aliphatic carbocycles. The monoisotopic (exact) mass is 377 g/mol. The van der Waals surface area contributed by atoms with Crippen molar-refractivity contribution in [2.75, 3.05) is 27.4 Å². The summed E-state index contributed by atoms with van der Waals surface area (Å²) in [6, 6.07) is 9.92. The van der Waals surface area contributed by atoms with Crippen LogP contribution in [0.25, 0.3) is 0 Å². The Morgan fingerprint density at radius 3 is 2.56 bits per heavy atom. The molecule has 0 aliphatic heterocycles. The van der Waals surface area contributed by atoms with Crippen LogP contribution in [0.4, 0.5) is 0 Å². The van der Waals surface area contributed by atoms with Crippen molar-refractivity contribution in [1.82, 2.24) is 4.90 Å². The fourth-order valence-electron chi connectivity index (χ4n) is 2.89. The fourth-order valence-corrected chi connectivity index (χ4v) is 2.89. The summed E-state index contributed by atoms with van der Waals surface area (Å²) < 4.78 is 21.5. The van der Waals surface area contributed by atoms with Crippen molar-refractivity contribution in [1.29, 1.82) is 0 Å². The van der Waals surface area contributed by atoms with Crippen LogP contribution in [0.1, 0.15) is 31.6 Å². The highest BCUT2D eigenvalue weighted by molar-refractivity contribution is 5.42. The maximum atomic E-state index is 10.4. The Balaban J connectivity index is 1.93. The van der Waals surface area contributed by atoms with E-state index in [1.54, 1.807) is 20.5 Å². The molecule has 2 atom stereocenters. The van der Waals surface area contributed by atoms with Crippen LogP contribution in [0.3, 0.4) is 0 Å². The topological polar surface area (TPSA) is 64.3 Å². The molecule has 1 aromatic carbocycles. The van der Waals surface area contributed by atoms with Crippen LogP contribution in [-0.4, -0.2) is 49.5 Å². The maximum Gasteiger partial charge on any atom is 0.161 e. The molecule has 0 aliphatic rings. The Labute approximate surface area is 161 Å². The van der Waals surface area contributed by atoms with Crippen LogP contribution in [0, 0.1) is 0 Å². The summed E-state index contributed by atoms with van der Waals surface area (Å²) in [6.07, 6.45) is 2.03. The van der Waals surface area contributed by atoms with E-state index < -0.39 is 6.10 Å². The molecule has 2 aromatic rings. The second-order valence-electron chi connectivity index (χ2n) is 6.62. The zero-order valence-corrected chi connectivity index (χ0v) is 16.7. The number of methoxy groups -OCH3 is 2. The molecule has 2 unspecified atom stereocenters. The summed E-state index contributed by atoms with van der Waals surface area (Å²) in [4.78, 5) is 2.25. The molecule has 27 heavy (non-hydrogen) atoms.